The van der Waals surface area contributed by atoms with Crippen molar-refractivity contribution in [1.82, 2.24) is 0 Å². The lowest BCUT2D eigenvalue weighted by atomic mass is 9.71. The van der Waals surface area contributed by atoms with Gasteiger partial charge in [0.15, 0.2) is 0 Å². The van der Waals surface area contributed by atoms with E-state index in [4.69, 9.17) is 0 Å². The van der Waals surface area contributed by atoms with Crippen molar-refractivity contribution in [2.45, 2.75) is 50.7 Å². The second-order valence-electron chi connectivity index (χ2n) is 4.76. The summed E-state index contributed by atoms with van der Waals surface area (Å²) in [5.41, 5.74) is 0. The van der Waals surface area contributed by atoms with Crippen molar-refractivity contribution in [3.05, 3.63) is 0 Å². The molecule has 1 aliphatic carbocycles. The van der Waals surface area contributed by atoms with Gasteiger partial charge in [-0.05, 0) is 36.9 Å². The monoisotopic (exact) mass is 184 g/mol. The van der Waals surface area contributed by atoms with E-state index >= 15 is 0 Å². The lowest BCUT2D eigenvalue weighted by molar-refractivity contribution is 0.196. The first-order valence-corrected chi connectivity index (χ1v) is 6.37. The van der Waals surface area contributed by atoms with Crippen LogP contribution in [0.5, 0.6) is 0 Å². The van der Waals surface area contributed by atoms with Gasteiger partial charge in [-0.2, -0.15) is 11.8 Å². The molecule has 70 valence electrons. The van der Waals surface area contributed by atoms with Gasteiger partial charge < -0.3 is 0 Å². The molecule has 2 fully saturated rings. The molecule has 1 saturated carbocycles. The van der Waals surface area contributed by atoms with E-state index in [-0.39, 0.29) is 0 Å². The maximum atomic E-state index is 2.41. The van der Waals surface area contributed by atoms with Crippen LogP contribution in [0, 0.1) is 11.8 Å². The van der Waals surface area contributed by atoms with Gasteiger partial charge in [0.25, 0.3) is 0 Å². The van der Waals surface area contributed by atoms with Crippen molar-refractivity contribution in [2.24, 2.45) is 11.8 Å². The Morgan fingerprint density at radius 1 is 1.25 bits per heavy atom. The minimum Gasteiger partial charge on any atom is -0.155 e. The van der Waals surface area contributed by atoms with Gasteiger partial charge in [0.05, 0.1) is 0 Å². The summed E-state index contributed by atoms with van der Waals surface area (Å²) in [6.07, 6.45) is 7.52. The van der Waals surface area contributed by atoms with Gasteiger partial charge in [-0.25, -0.2) is 0 Å². The fourth-order valence-electron chi connectivity index (χ4n) is 3.03. The van der Waals surface area contributed by atoms with E-state index in [0.717, 1.165) is 16.6 Å². The van der Waals surface area contributed by atoms with Crippen molar-refractivity contribution >= 4 is 11.8 Å². The zero-order valence-electron chi connectivity index (χ0n) is 8.31. The Labute approximate surface area is 80.5 Å². The topological polar surface area (TPSA) is 0 Å². The Balaban J connectivity index is 2.06. The predicted molar refractivity (Wildman–Crippen MR) is 56.6 cm³/mol. The van der Waals surface area contributed by atoms with E-state index in [1.165, 1.54) is 37.9 Å². The van der Waals surface area contributed by atoms with E-state index in [1.54, 1.807) is 0 Å². The quantitative estimate of drug-likeness (QED) is 0.598. The normalized spacial score (nSPS) is 41.8. The van der Waals surface area contributed by atoms with Crippen LogP contribution in [0.1, 0.15) is 46.0 Å². The van der Waals surface area contributed by atoms with Gasteiger partial charge >= 0.3 is 0 Å². The minimum atomic E-state index is 0.756. The third-order valence-electron chi connectivity index (χ3n) is 3.76. The number of hydrogen-bond acceptors (Lipinski definition) is 1. The van der Waals surface area contributed by atoms with E-state index in [1.807, 2.05) is 0 Å². The lowest BCUT2D eigenvalue weighted by Crippen LogP contribution is -2.46. The van der Waals surface area contributed by atoms with Gasteiger partial charge in [-0.1, -0.05) is 26.7 Å². The molecular weight excluding hydrogens is 164 g/mol. The average Bonchev–Trinajstić information content (AvgIpc) is 2.01. The summed E-state index contributed by atoms with van der Waals surface area (Å²) in [5.74, 6) is 3.38. The zero-order chi connectivity index (χ0) is 8.60. The molecule has 1 heterocycles. The van der Waals surface area contributed by atoms with Gasteiger partial charge in [-0.15, -0.1) is 0 Å². The molecule has 0 aromatic heterocycles. The van der Waals surface area contributed by atoms with Crippen LogP contribution in [0.3, 0.4) is 0 Å². The molecule has 1 saturated heterocycles. The fraction of sp³-hybridized carbons (Fsp3) is 1.00. The molecule has 1 heteroatoms. The van der Waals surface area contributed by atoms with Crippen LogP contribution in [0.2, 0.25) is 0 Å². The Morgan fingerprint density at radius 2 is 2.00 bits per heavy atom. The summed E-state index contributed by atoms with van der Waals surface area (Å²) in [4.78, 5) is 0. The lowest BCUT2D eigenvalue weighted by Gasteiger charge is -2.51. The van der Waals surface area contributed by atoms with E-state index in [9.17, 15) is 0 Å². The summed E-state index contributed by atoms with van der Waals surface area (Å²) in [6.45, 7) is 4.83. The van der Waals surface area contributed by atoms with Crippen LogP contribution in [0.4, 0.5) is 0 Å². The van der Waals surface area contributed by atoms with Crippen LogP contribution in [-0.4, -0.2) is 10.5 Å². The third-order valence-corrected chi connectivity index (χ3v) is 5.45. The molecule has 0 aromatic rings. The highest BCUT2D eigenvalue weighted by atomic mass is 32.2. The molecule has 2 aliphatic rings. The maximum Gasteiger partial charge on any atom is 0.0198 e. The second kappa shape index (κ2) is 3.25. The first kappa shape index (κ1) is 8.93. The molecule has 2 rings (SSSR count). The Kier molecular flexibility index (Phi) is 2.42. The first-order chi connectivity index (χ1) is 5.75. The van der Waals surface area contributed by atoms with Crippen molar-refractivity contribution in [1.29, 1.82) is 0 Å². The highest BCUT2D eigenvalue weighted by Gasteiger charge is 2.46. The van der Waals surface area contributed by atoms with E-state index < -0.39 is 0 Å². The molecule has 0 radical (unpaired) electrons. The highest BCUT2D eigenvalue weighted by molar-refractivity contribution is 8.02. The van der Waals surface area contributed by atoms with Crippen LogP contribution in [0.25, 0.3) is 0 Å². The first-order valence-electron chi connectivity index (χ1n) is 5.38. The molecule has 12 heavy (non-hydrogen) atoms. The summed E-state index contributed by atoms with van der Waals surface area (Å²) in [5, 5.41) is 0. The molecule has 2 unspecified atom stereocenters. The number of rotatable bonds is 1. The number of thioether (sulfide) groups is 1. The molecule has 1 aliphatic heterocycles. The maximum absolute atomic E-state index is 2.41. The minimum absolute atomic E-state index is 0.756. The average molecular weight is 184 g/mol. The van der Waals surface area contributed by atoms with Crippen LogP contribution in [-0.2, 0) is 0 Å². The van der Waals surface area contributed by atoms with Crippen molar-refractivity contribution in [3.63, 3.8) is 0 Å². The van der Waals surface area contributed by atoms with Crippen molar-refractivity contribution in [2.75, 3.05) is 5.75 Å². The molecule has 2 atom stereocenters. The molecule has 0 amide bonds. The Bertz CT molecular complexity index is 158. The van der Waals surface area contributed by atoms with Crippen LogP contribution >= 0.6 is 11.8 Å². The summed E-state index contributed by atoms with van der Waals surface area (Å²) in [6, 6.07) is 0. The molecule has 0 bridgehead atoms. The molecule has 1 spiro atoms. The summed E-state index contributed by atoms with van der Waals surface area (Å²) < 4.78 is 0.756. The Hall–Kier alpha value is 0.350. The number of hydrogen-bond donors (Lipinski definition) is 0. The summed E-state index contributed by atoms with van der Waals surface area (Å²) >= 11 is 2.27. The van der Waals surface area contributed by atoms with Crippen LogP contribution in [0.15, 0.2) is 0 Å². The summed E-state index contributed by atoms with van der Waals surface area (Å²) in [7, 11) is 0. The van der Waals surface area contributed by atoms with E-state index in [2.05, 4.69) is 25.6 Å². The molecule has 0 nitrogen and oxygen atoms in total. The molecular formula is C11H20S. The fourth-order valence-corrected chi connectivity index (χ4v) is 4.65. The third kappa shape index (κ3) is 1.30. The van der Waals surface area contributed by atoms with Crippen molar-refractivity contribution in [3.8, 4) is 0 Å². The SMILES string of the molecule is CC(C)C1CCCCC12CCS2. The van der Waals surface area contributed by atoms with Gasteiger partial charge in [-0.3, -0.25) is 0 Å². The van der Waals surface area contributed by atoms with Crippen molar-refractivity contribution < 1.29 is 0 Å². The second-order valence-corrected chi connectivity index (χ2v) is 6.27. The van der Waals surface area contributed by atoms with Crippen LogP contribution < -0.4 is 0 Å². The Morgan fingerprint density at radius 3 is 2.42 bits per heavy atom. The largest absolute Gasteiger partial charge is 0.155 e. The van der Waals surface area contributed by atoms with Gasteiger partial charge in [0.2, 0.25) is 0 Å². The van der Waals surface area contributed by atoms with E-state index in [0.29, 0.717) is 0 Å². The van der Waals surface area contributed by atoms with Gasteiger partial charge in [0.1, 0.15) is 0 Å². The molecule has 0 aromatic carbocycles. The zero-order valence-corrected chi connectivity index (χ0v) is 9.12. The molecule has 0 N–H and O–H groups in total. The highest BCUT2D eigenvalue weighted by Crippen LogP contribution is 2.55. The standard InChI is InChI=1S/C11H20S/c1-9(2)10-5-3-4-6-11(10)7-8-12-11/h9-10H,3-8H2,1-2H3. The predicted octanol–water partition coefficient (Wildman–Crippen LogP) is 3.71. The van der Waals surface area contributed by atoms with Gasteiger partial charge in [0, 0.05) is 4.75 Å². The smallest absolute Gasteiger partial charge is 0.0198 e.